The molecule has 0 spiro atoms. The number of hydrogen-bond acceptors (Lipinski definition) is 12. The average Bonchev–Trinajstić information content (AvgIpc) is 3.84. The van der Waals surface area contributed by atoms with Gasteiger partial charge in [-0.05, 0) is 81.9 Å². The van der Waals surface area contributed by atoms with Crippen LogP contribution in [-0.2, 0) is 27.4 Å². The molecule has 1 fully saturated rings. The van der Waals surface area contributed by atoms with Gasteiger partial charge >= 0.3 is 0 Å². The van der Waals surface area contributed by atoms with Crippen molar-refractivity contribution in [3.05, 3.63) is 59.3 Å². The van der Waals surface area contributed by atoms with E-state index in [1.54, 1.807) is 13.3 Å². The van der Waals surface area contributed by atoms with Gasteiger partial charge in [0.15, 0.2) is 9.84 Å². The van der Waals surface area contributed by atoms with E-state index in [1.807, 2.05) is 18.3 Å². The van der Waals surface area contributed by atoms with Crippen LogP contribution < -0.4 is 5.32 Å². The summed E-state index contributed by atoms with van der Waals surface area (Å²) in [5.74, 6) is 1.74. The first kappa shape index (κ1) is 32.4. The Morgan fingerprint density at radius 1 is 1.12 bits per heavy atom. The highest BCUT2D eigenvalue weighted by molar-refractivity contribution is 7.92. The van der Waals surface area contributed by atoms with Crippen LogP contribution in [0.3, 0.4) is 0 Å². The van der Waals surface area contributed by atoms with Gasteiger partial charge in [0, 0.05) is 41.8 Å². The lowest BCUT2D eigenvalue weighted by atomic mass is 9.84. The normalized spacial score (nSPS) is 22.4. The van der Waals surface area contributed by atoms with Gasteiger partial charge in [0.25, 0.3) is 0 Å². The van der Waals surface area contributed by atoms with Crippen LogP contribution in [0.1, 0.15) is 93.9 Å². The largest absolute Gasteiger partial charge is 0.421 e. The molecule has 3 atom stereocenters. The van der Waals surface area contributed by atoms with Gasteiger partial charge in [-0.15, -0.1) is 21.5 Å². The van der Waals surface area contributed by atoms with Crippen molar-refractivity contribution in [1.29, 1.82) is 0 Å². The van der Waals surface area contributed by atoms with Gasteiger partial charge in [-0.25, -0.2) is 18.4 Å². The van der Waals surface area contributed by atoms with E-state index in [-0.39, 0.29) is 40.0 Å². The summed E-state index contributed by atoms with van der Waals surface area (Å²) < 4.78 is 41.4. The minimum atomic E-state index is -3.69. The van der Waals surface area contributed by atoms with Crippen molar-refractivity contribution in [2.45, 2.75) is 95.6 Å². The first-order valence-corrected chi connectivity index (χ1v) is 19.6. The standard InChI is InChI=1S/C36H41N7O4S2/c1-19(2)23-17-49(44,45)33-30(28-15-27-32(48-28)34(39-18-38-27)41-25-11-10-24-22(25)7-6-13-37-24)29(35-43-42-20(3)47-35)26(40-31(23)33)9-8-21-12-14-46-36(4,5)16-21/h6-7,13,15,18-19,21,23,25H,8-12,14,16-17H2,1-5H3,(H,38,39,41)/t21?,23-,25?/m1/s1. The number of ether oxygens (including phenoxy) is 1. The van der Waals surface area contributed by atoms with E-state index in [4.69, 9.17) is 14.1 Å². The van der Waals surface area contributed by atoms with Crippen molar-refractivity contribution < 1.29 is 17.6 Å². The highest BCUT2D eigenvalue weighted by Gasteiger charge is 2.43. The van der Waals surface area contributed by atoms with Crippen LogP contribution in [0.5, 0.6) is 0 Å². The number of fused-ring (bicyclic) bond motifs is 3. The molecule has 2 aliphatic heterocycles. The Morgan fingerprint density at radius 2 is 1.98 bits per heavy atom. The Kier molecular flexibility index (Phi) is 8.07. The van der Waals surface area contributed by atoms with Crippen molar-refractivity contribution in [2.24, 2.45) is 11.8 Å². The van der Waals surface area contributed by atoms with E-state index >= 15 is 0 Å². The molecule has 13 heteroatoms. The molecule has 0 saturated carbocycles. The average molecular weight is 700 g/mol. The SMILES string of the molecule is Cc1nnc(-c2c(CCC3CCOC(C)(C)C3)nc3c(c2-c2cc4ncnc(NC5CCc6ncccc65)c4s2)S(=O)(=O)C[C@@H]3C(C)C)o1. The number of pyridine rings is 2. The topological polar surface area (TPSA) is 146 Å². The molecule has 1 saturated heterocycles. The molecule has 3 aliphatic rings. The second kappa shape index (κ2) is 12.2. The molecule has 7 heterocycles. The Labute approximate surface area is 290 Å². The van der Waals surface area contributed by atoms with E-state index in [1.165, 1.54) is 16.9 Å². The smallest absolute Gasteiger partial charge is 0.250 e. The zero-order valence-electron chi connectivity index (χ0n) is 28.5. The third kappa shape index (κ3) is 5.93. The van der Waals surface area contributed by atoms with Gasteiger partial charge in [0.2, 0.25) is 11.8 Å². The number of aryl methyl sites for hydroxylation is 3. The van der Waals surface area contributed by atoms with Crippen molar-refractivity contribution in [3.63, 3.8) is 0 Å². The van der Waals surface area contributed by atoms with Gasteiger partial charge < -0.3 is 14.5 Å². The predicted molar refractivity (Wildman–Crippen MR) is 188 cm³/mol. The monoisotopic (exact) mass is 699 g/mol. The van der Waals surface area contributed by atoms with Crippen LogP contribution in [0.4, 0.5) is 5.82 Å². The molecule has 0 bridgehead atoms. The number of rotatable bonds is 8. The second-order valence-electron chi connectivity index (χ2n) is 14.6. The fraction of sp³-hybridized carbons (Fsp3) is 0.500. The van der Waals surface area contributed by atoms with E-state index in [0.717, 1.165) is 65.2 Å². The summed E-state index contributed by atoms with van der Waals surface area (Å²) in [6.45, 7) is 10.9. The summed E-state index contributed by atoms with van der Waals surface area (Å²) in [5, 5.41) is 12.3. The first-order chi connectivity index (χ1) is 23.5. The van der Waals surface area contributed by atoms with E-state index < -0.39 is 9.84 Å². The number of nitrogens with zero attached hydrogens (tertiary/aromatic N) is 6. The van der Waals surface area contributed by atoms with Crippen molar-refractivity contribution in [3.8, 4) is 21.9 Å². The highest BCUT2D eigenvalue weighted by atomic mass is 32.2. The van der Waals surface area contributed by atoms with Crippen LogP contribution in [0.15, 0.2) is 40.0 Å². The van der Waals surface area contributed by atoms with Crippen LogP contribution in [0, 0.1) is 18.8 Å². The number of anilines is 1. The van der Waals surface area contributed by atoms with Crippen LogP contribution in [-0.4, -0.2) is 56.5 Å². The Bertz CT molecular complexity index is 2180. The molecule has 2 unspecified atom stereocenters. The molecule has 8 rings (SSSR count). The summed E-state index contributed by atoms with van der Waals surface area (Å²) in [6, 6.07) is 6.13. The molecule has 11 nitrogen and oxygen atoms in total. The zero-order chi connectivity index (χ0) is 34.1. The lowest BCUT2D eigenvalue weighted by molar-refractivity contribution is -0.0734. The van der Waals surface area contributed by atoms with E-state index in [2.05, 4.69) is 64.2 Å². The third-order valence-corrected chi connectivity index (χ3v) is 13.3. The Hall–Kier alpha value is -3.81. The molecule has 49 heavy (non-hydrogen) atoms. The lowest BCUT2D eigenvalue weighted by Gasteiger charge is -2.35. The number of hydrogen-bond donors (Lipinski definition) is 1. The van der Waals surface area contributed by atoms with Gasteiger partial charge in [-0.1, -0.05) is 19.9 Å². The molecular weight excluding hydrogens is 659 g/mol. The van der Waals surface area contributed by atoms with E-state index in [9.17, 15) is 8.42 Å². The van der Waals surface area contributed by atoms with Crippen molar-refractivity contribution in [2.75, 3.05) is 17.7 Å². The molecule has 0 aromatic carbocycles. The van der Waals surface area contributed by atoms with Crippen molar-refractivity contribution in [1.82, 2.24) is 30.1 Å². The predicted octanol–water partition coefficient (Wildman–Crippen LogP) is 7.27. The van der Waals surface area contributed by atoms with Crippen LogP contribution >= 0.6 is 11.3 Å². The summed E-state index contributed by atoms with van der Waals surface area (Å²) in [5.41, 5.74) is 5.46. The maximum atomic E-state index is 14.2. The summed E-state index contributed by atoms with van der Waals surface area (Å²) in [4.78, 5) is 20.1. The van der Waals surface area contributed by atoms with Gasteiger partial charge in [0.1, 0.15) is 12.1 Å². The van der Waals surface area contributed by atoms with E-state index in [0.29, 0.717) is 40.9 Å². The summed E-state index contributed by atoms with van der Waals surface area (Å²) in [6.07, 6.45) is 8.68. The quantitative estimate of drug-likeness (QED) is 0.174. The Balaban J connectivity index is 1.30. The zero-order valence-corrected chi connectivity index (χ0v) is 30.1. The fourth-order valence-corrected chi connectivity index (χ4v) is 11.3. The molecule has 0 radical (unpaired) electrons. The molecule has 1 N–H and O–H groups in total. The first-order valence-electron chi connectivity index (χ1n) is 17.2. The number of sulfone groups is 1. The van der Waals surface area contributed by atoms with Gasteiger partial charge in [-0.3, -0.25) is 9.97 Å². The molecule has 256 valence electrons. The summed E-state index contributed by atoms with van der Waals surface area (Å²) >= 11 is 1.49. The van der Waals surface area contributed by atoms with Crippen molar-refractivity contribution >= 4 is 37.2 Å². The maximum Gasteiger partial charge on any atom is 0.250 e. The number of aromatic nitrogens is 6. The van der Waals surface area contributed by atoms with Crippen LogP contribution in [0.2, 0.25) is 0 Å². The maximum absolute atomic E-state index is 14.2. The Morgan fingerprint density at radius 3 is 2.76 bits per heavy atom. The molecule has 1 aliphatic carbocycles. The minimum Gasteiger partial charge on any atom is -0.421 e. The van der Waals surface area contributed by atoms with Crippen LogP contribution in [0.25, 0.3) is 32.1 Å². The summed E-state index contributed by atoms with van der Waals surface area (Å²) in [7, 11) is -3.69. The third-order valence-electron chi connectivity index (χ3n) is 10.3. The number of thiophene rings is 1. The molecular formula is C36H41N7O4S2. The van der Waals surface area contributed by atoms with Gasteiger partial charge in [0.05, 0.1) is 49.5 Å². The fourth-order valence-electron chi connectivity index (χ4n) is 7.91. The highest BCUT2D eigenvalue weighted by Crippen LogP contribution is 2.51. The molecule has 5 aromatic heterocycles. The molecule has 0 amide bonds. The number of nitrogens with one attached hydrogen (secondary N) is 1. The lowest BCUT2D eigenvalue weighted by Crippen LogP contribution is -2.34. The second-order valence-corrected chi connectivity index (χ2v) is 17.6. The van der Waals surface area contributed by atoms with Gasteiger partial charge in [-0.2, -0.15) is 0 Å². The minimum absolute atomic E-state index is 0.0204. The molecule has 5 aromatic rings.